The van der Waals surface area contributed by atoms with Crippen LogP contribution in [0.4, 0.5) is 11.4 Å². The quantitative estimate of drug-likeness (QED) is 0.762. The normalized spacial score (nSPS) is 14.7. The summed E-state index contributed by atoms with van der Waals surface area (Å²) in [5, 5.41) is 2.91. The van der Waals surface area contributed by atoms with Gasteiger partial charge in [0.05, 0.1) is 5.56 Å². The van der Waals surface area contributed by atoms with Crippen LogP contribution < -0.4 is 10.2 Å². The first-order chi connectivity index (χ1) is 11.1. The highest BCUT2D eigenvalue weighted by Crippen LogP contribution is 2.24. The Morgan fingerprint density at radius 3 is 2.70 bits per heavy atom. The van der Waals surface area contributed by atoms with Crippen LogP contribution in [0.15, 0.2) is 48.5 Å². The van der Waals surface area contributed by atoms with Crippen LogP contribution in [0.5, 0.6) is 0 Å². The molecule has 0 unspecified atom stereocenters. The zero-order valence-electron chi connectivity index (χ0n) is 12.6. The molecule has 0 aromatic heterocycles. The Balaban J connectivity index is 1.79. The molecule has 0 spiro atoms. The molecule has 1 fully saturated rings. The summed E-state index contributed by atoms with van der Waals surface area (Å²) in [6, 6.07) is 14.9. The van der Waals surface area contributed by atoms with E-state index in [1.807, 2.05) is 42.5 Å². The first kappa shape index (κ1) is 16.0. The van der Waals surface area contributed by atoms with Crippen molar-refractivity contribution >= 4 is 45.8 Å². The summed E-state index contributed by atoms with van der Waals surface area (Å²) in [4.78, 5) is 26.2. The second-order valence-electron chi connectivity index (χ2n) is 5.49. The molecule has 0 bridgehead atoms. The number of carbonyl (C=O) groups excluding carboxylic acids is 2. The summed E-state index contributed by atoms with van der Waals surface area (Å²) in [6.07, 6.45) is 2.57. The van der Waals surface area contributed by atoms with E-state index in [0.29, 0.717) is 17.7 Å². The molecule has 2 amide bonds. The van der Waals surface area contributed by atoms with Crippen molar-refractivity contribution in [3.8, 4) is 0 Å². The van der Waals surface area contributed by atoms with Gasteiger partial charge in [-0.1, -0.05) is 18.2 Å². The van der Waals surface area contributed by atoms with E-state index < -0.39 is 0 Å². The molecule has 118 valence electrons. The molecule has 23 heavy (non-hydrogen) atoms. The van der Waals surface area contributed by atoms with Gasteiger partial charge in [0.2, 0.25) is 5.91 Å². The summed E-state index contributed by atoms with van der Waals surface area (Å²) in [7, 11) is 0. The predicted octanol–water partition coefficient (Wildman–Crippen LogP) is 4.06. The number of hydrogen-bond donors (Lipinski definition) is 1. The Kier molecular flexibility index (Phi) is 4.95. The molecule has 1 aliphatic heterocycles. The number of anilines is 2. The van der Waals surface area contributed by atoms with Gasteiger partial charge in [-0.05, 0) is 65.8 Å². The summed E-state index contributed by atoms with van der Waals surface area (Å²) < 4.78 is 0.907. The molecule has 1 aliphatic rings. The van der Waals surface area contributed by atoms with Crippen LogP contribution in [0.2, 0.25) is 0 Å². The maximum absolute atomic E-state index is 12.4. The van der Waals surface area contributed by atoms with Gasteiger partial charge in [-0.2, -0.15) is 0 Å². The van der Waals surface area contributed by atoms with Crippen LogP contribution in [-0.4, -0.2) is 18.4 Å². The number of nitrogens with zero attached hydrogens (tertiary/aromatic N) is 1. The molecule has 1 heterocycles. The Bertz CT molecular complexity index is 745. The van der Waals surface area contributed by atoms with Gasteiger partial charge in [0, 0.05) is 27.9 Å². The Morgan fingerprint density at radius 1 is 1.09 bits per heavy atom. The van der Waals surface area contributed by atoms with E-state index >= 15 is 0 Å². The monoisotopic (exact) mass is 420 g/mol. The van der Waals surface area contributed by atoms with E-state index in [0.717, 1.165) is 28.6 Å². The number of hydrogen-bond acceptors (Lipinski definition) is 2. The molecule has 5 heteroatoms. The van der Waals surface area contributed by atoms with Gasteiger partial charge in [-0.15, -0.1) is 0 Å². The number of amides is 2. The molecule has 0 aliphatic carbocycles. The minimum atomic E-state index is -0.142. The number of carbonyl (C=O) groups is 2. The van der Waals surface area contributed by atoms with Crippen LogP contribution in [0.1, 0.15) is 29.6 Å². The van der Waals surface area contributed by atoms with E-state index in [9.17, 15) is 9.59 Å². The molecule has 0 radical (unpaired) electrons. The van der Waals surface area contributed by atoms with Gasteiger partial charge < -0.3 is 10.2 Å². The summed E-state index contributed by atoms with van der Waals surface area (Å²) in [5.74, 6) is 0.00875. The van der Waals surface area contributed by atoms with Crippen molar-refractivity contribution in [3.63, 3.8) is 0 Å². The highest BCUT2D eigenvalue weighted by molar-refractivity contribution is 14.1. The van der Waals surface area contributed by atoms with E-state index in [-0.39, 0.29) is 11.8 Å². The molecule has 2 aromatic carbocycles. The average Bonchev–Trinajstić information content (AvgIpc) is 2.56. The maximum atomic E-state index is 12.4. The van der Waals surface area contributed by atoms with Crippen molar-refractivity contribution < 1.29 is 9.59 Å². The maximum Gasteiger partial charge on any atom is 0.256 e. The number of rotatable bonds is 3. The second-order valence-corrected chi connectivity index (χ2v) is 6.65. The highest BCUT2D eigenvalue weighted by Gasteiger charge is 2.20. The Labute approximate surface area is 149 Å². The van der Waals surface area contributed by atoms with Gasteiger partial charge in [0.25, 0.3) is 5.91 Å². The van der Waals surface area contributed by atoms with Crippen molar-refractivity contribution in [2.75, 3.05) is 16.8 Å². The molecule has 2 aromatic rings. The first-order valence-electron chi connectivity index (χ1n) is 7.61. The lowest BCUT2D eigenvalue weighted by Crippen LogP contribution is -2.35. The lowest BCUT2D eigenvalue weighted by Gasteiger charge is -2.27. The van der Waals surface area contributed by atoms with Crippen LogP contribution in [-0.2, 0) is 4.79 Å². The summed E-state index contributed by atoms with van der Waals surface area (Å²) in [6.45, 7) is 0.743. The minimum Gasteiger partial charge on any atom is -0.322 e. The fourth-order valence-electron chi connectivity index (χ4n) is 2.67. The molecule has 4 nitrogen and oxygen atoms in total. The number of halogens is 1. The van der Waals surface area contributed by atoms with Crippen LogP contribution in [0, 0.1) is 3.57 Å². The molecular weight excluding hydrogens is 403 g/mol. The van der Waals surface area contributed by atoms with Crippen molar-refractivity contribution in [1.82, 2.24) is 0 Å². The summed E-state index contributed by atoms with van der Waals surface area (Å²) in [5.41, 5.74) is 2.19. The van der Waals surface area contributed by atoms with Crippen LogP contribution in [0.3, 0.4) is 0 Å². The van der Waals surface area contributed by atoms with Gasteiger partial charge >= 0.3 is 0 Å². The third kappa shape index (κ3) is 3.72. The zero-order valence-corrected chi connectivity index (χ0v) is 14.7. The predicted molar refractivity (Wildman–Crippen MR) is 99.8 cm³/mol. The van der Waals surface area contributed by atoms with Crippen molar-refractivity contribution in [2.45, 2.75) is 19.3 Å². The Morgan fingerprint density at radius 2 is 1.91 bits per heavy atom. The summed E-state index contributed by atoms with van der Waals surface area (Å²) >= 11 is 2.15. The second kappa shape index (κ2) is 7.12. The van der Waals surface area contributed by atoms with Crippen LogP contribution in [0.25, 0.3) is 0 Å². The number of benzene rings is 2. The van der Waals surface area contributed by atoms with Crippen LogP contribution >= 0.6 is 22.6 Å². The topological polar surface area (TPSA) is 49.4 Å². The number of piperidine rings is 1. The molecule has 0 atom stereocenters. The Hall–Kier alpha value is -1.89. The molecule has 3 rings (SSSR count). The lowest BCUT2D eigenvalue weighted by atomic mass is 10.1. The molecule has 1 N–H and O–H groups in total. The fourth-order valence-corrected chi connectivity index (χ4v) is 3.31. The first-order valence-corrected chi connectivity index (χ1v) is 8.69. The largest absolute Gasteiger partial charge is 0.322 e. The van der Waals surface area contributed by atoms with Gasteiger partial charge in [-0.25, -0.2) is 0 Å². The highest BCUT2D eigenvalue weighted by atomic mass is 127. The van der Waals surface area contributed by atoms with Gasteiger partial charge in [-0.3, -0.25) is 9.59 Å². The SMILES string of the molecule is O=C(Nc1cccc(N2CCCCC2=O)c1)c1ccccc1I. The van der Waals surface area contributed by atoms with Crippen molar-refractivity contribution in [1.29, 1.82) is 0 Å². The van der Waals surface area contributed by atoms with Gasteiger partial charge in [0.1, 0.15) is 0 Å². The zero-order chi connectivity index (χ0) is 16.2. The molecule has 0 saturated carbocycles. The van der Waals surface area contributed by atoms with Crippen molar-refractivity contribution in [3.05, 3.63) is 57.7 Å². The van der Waals surface area contributed by atoms with E-state index in [1.54, 1.807) is 11.0 Å². The average molecular weight is 420 g/mol. The van der Waals surface area contributed by atoms with Crippen molar-refractivity contribution in [2.24, 2.45) is 0 Å². The molecular formula is C18H17IN2O2. The van der Waals surface area contributed by atoms with E-state index in [4.69, 9.17) is 0 Å². The van der Waals surface area contributed by atoms with E-state index in [2.05, 4.69) is 27.9 Å². The molecule has 1 saturated heterocycles. The smallest absolute Gasteiger partial charge is 0.256 e. The standard InChI is InChI=1S/C18H17IN2O2/c19-16-9-2-1-8-15(16)18(23)20-13-6-5-7-14(12-13)21-11-4-3-10-17(21)22/h1-2,5-9,12H,3-4,10-11H2,(H,20,23). The third-order valence-electron chi connectivity index (χ3n) is 3.86. The minimum absolute atomic E-state index is 0.142. The van der Waals surface area contributed by atoms with E-state index in [1.165, 1.54) is 0 Å². The fraction of sp³-hybridized carbons (Fsp3) is 0.222. The van der Waals surface area contributed by atoms with Gasteiger partial charge in [0.15, 0.2) is 0 Å². The number of nitrogens with one attached hydrogen (secondary N) is 1. The lowest BCUT2D eigenvalue weighted by molar-refractivity contribution is -0.119. The third-order valence-corrected chi connectivity index (χ3v) is 4.80.